The molecule has 1 aliphatic heterocycles. The van der Waals surface area contributed by atoms with Crippen LogP contribution in [-0.2, 0) is 37.8 Å². The molecule has 2 aromatic rings. The van der Waals surface area contributed by atoms with Gasteiger partial charge < -0.3 is 20.1 Å². The van der Waals surface area contributed by atoms with Gasteiger partial charge in [0.1, 0.15) is 22.7 Å². The molecule has 2 heterocycles. The molecule has 0 radical (unpaired) electrons. The molecular weight excluding hydrogens is 466 g/mol. The summed E-state index contributed by atoms with van der Waals surface area (Å²) in [6, 6.07) is 4.11. The van der Waals surface area contributed by atoms with E-state index in [4.69, 9.17) is 15.2 Å². The Morgan fingerprint density at radius 1 is 1.24 bits per heavy atom. The fourth-order valence-corrected chi connectivity index (χ4v) is 5.03. The number of carbonyl (C=O) groups excluding carboxylic acids is 3. The molecule has 3 rings (SSSR count). The summed E-state index contributed by atoms with van der Waals surface area (Å²) < 4.78 is 38.2. The SMILES string of the molecule is CN(C)C(=O)Oc1ccc(C[C@H](N)C(=O)OC(=O)[C@H]2CCCN2S(=O)(=O)c2cnn(C)c2)cc1. The average Bonchev–Trinajstić information content (AvgIpc) is 3.45. The average molecular weight is 494 g/mol. The maximum Gasteiger partial charge on any atom is 0.414 e. The molecule has 0 bridgehead atoms. The molecule has 0 saturated carbocycles. The third-order valence-corrected chi connectivity index (χ3v) is 7.08. The highest BCUT2D eigenvalue weighted by molar-refractivity contribution is 7.89. The molecule has 0 aliphatic carbocycles. The molecule has 184 valence electrons. The lowest BCUT2D eigenvalue weighted by atomic mass is 10.1. The zero-order valence-corrected chi connectivity index (χ0v) is 19.9. The number of sulfonamides is 1. The van der Waals surface area contributed by atoms with Gasteiger partial charge in [-0.05, 0) is 37.0 Å². The minimum atomic E-state index is -3.97. The van der Waals surface area contributed by atoms with Crippen molar-refractivity contribution in [1.82, 2.24) is 19.0 Å². The van der Waals surface area contributed by atoms with E-state index in [0.29, 0.717) is 17.7 Å². The molecule has 1 aromatic carbocycles. The number of hydrogen-bond acceptors (Lipinski definition) is 9. The number of carbonyl (C=O) groups is 3. The van der Waals surface area contributed by atoms with Gasteiger partial charge in [0, 0.05) is 33.9 Å². The van der Waals surface area contributed by atoms with Gasteiger partial charge in [0.05, 0.1) is 6.20 Å². The normalized spacial score (nSPS) is 17.2. The summed E-state index contributed by atoms with van der Waals surface area (Å²) in [5.41, 5.74) is 6.56. The fraction of sp³-hybridized carbons (Fsp3) is 0.429. The number of nitrogens with two attached hydrogens (primary N) is 1. The fourth-order valence-electron chi connectivity index (χ4n) is 3.40. The molecule has 1 aromatic heterocycles. The predicted octanol–water partition coefficient (Wildman–Crippen LogP) is 0.273. The molecule has 1 aliphatic rings. The van der Waals surface area contributed by atoms with Gasteiger partial charge in [0.15, 0.2) is 0 Å². The van der Waals surface area contributed by atoms with Crippen molar-refractivity contribution in [3.63, 3.8) is 0 Å². The van der Waals surface area contributed by atoms with Crippen LogP contribution < -0.4 is 10.5 Å². The van der Waals surface area contributed by atoms with E-state index in [2.05, 4.69) is 5.10 Å². The summed E-state index contributed by atoms with van der Waals surface area (Å²) in [5.74, 6) is -1.60. The van der Waals surface area contributed by atoms with Crippen molar-refractivity contribution in [2.24, 2.45) is 12.8 Å². The molecule has 13 heteroatoms. The van der Waals surface area contributed by atoms with E-state index in [0.717, 1.165) is 4.31 Å². The van der Waals surface area contributed by atoms with Gasteiger partial charge >= 0.3 is 18.0 Å². The number of benzene rings is 1. The zero-order valence-electron chi connectivity index (χ0n) is 19.1. The highest BCUT2D eigenvalue weighted by atomic mass is 32.2. The van der Waals surface area contributed by atoms with E-state index in [9.17, 15) is 22.8 Å². The number of esters is 2. The first-order valence-corrected chi connectivity index (χ1v) is 11.9. The van der Waals surface area contributed by atoms with Crippen LogP contribution in [0.2, 0.25) is 0 Å². The topological polar surface area (TPSA) is 154 Å². The third kappa shape index (κ3) is 5.79. The first-order valence-electron chi connectivity index (χ1n) is 10.5. The van der Waals surface area contributed by atoms with Crippen LogP contribution in [0.4, 0.5) is 4.79 Å². The minimum absolute atomic E-state index is 0.0440. The molecule has 12 nitrogen and oxygen atoms in total. The van der Waals surface area contributed by atoms with Gasteiger partial charge in [-0.3, -0.25) is 4.68 Å². The lowest BCUT2D eigenvalue weighted by Crippen LogP contribution is -2.44. The Hall–Kier alpha value is -3.29. The summed E-state index contributed by atoms with van der Waals surface area (Å²) in [6.07, 6.45) is 2.75. The Kier molecular flexibility index (Phi) is 7.69. The van der Waals surface area contributed by atoms with Gasteiger partial charge in [-0.15, -0.1) is 0 Å². The Bertz CT molecular complexity index is 1160. The summed E-state index contributed by atoms with van der Waals surface area (Å²) in [5, 5.41) is 3.86. The standard InChI is InChI=1S/C21H27N5O7S/c1-24(2)21(29)32-15-8-6-14(7-9-15)11-17(22)19(27)33-20(28)18-5-4-10-26(18)34(30,31)16-12-23-25(3)13-16/h6-9,12-13,17-18H,4-5,10-11,22H2,1-3H3/t17-,18+/m0/s1. The summed E-state index contributed by atoms with van der Waals surface area (Å²) in [7, 11) is 0.729. The van der Waals surface area contributed by atoms with Crippen molar-refractivity contribution in [3.8, 4) is 5.75 Å². The van der Waals surface area contributed by atoms with Gasteiger partial charge in [-0.25, -0.2) is 22.8 Å². The van der Waals surface area contributed by atoms with Crippen molar-refractivity contribution in [2.45, 2.75) is 36.2 Å². The van der Waals surface area contributed by atoms with Gasteiger partial charge in [-0.2, -0.15) is 9.40 Å². The number of ether oxygens (including phenoxy) is 2. The van der Waals surface area contributed by atoms with Crippen molar-refractivity contribution in [1.29, 1.82) is 0 Å². The first kappa shape index (κ1) is 25.3. The highest BCUT2D eigenvalue weighted by Crippen LogP contribution is 2.26. The van der Waals surface area contributed by atoms with Crippen molar-refractivity contribution in [3.05, 3.63) is 42.2 Å². The Morgan fingerprint density at radius 3 is 2.50 bits per heavy atom. The lowest BCUT2D eigenvalue weighted by Gasteiger charge is -2.22. The molecule has 1 saturated heterocycles. The van der Waals surface area contributed by atoms with E-state index < -0.39 is 40.1 Å². The number of aryl methyl sites for hydroxylation is 1. The lowest BCUT2D eigenvalue weighted by molar-refractivity contribution is -0.162. The molecule has 0 spiro atoms. The van der Waals surface area contributed by atoms with Gasteiger partial charge in [0.2, 0.25) is 10.0 Å². The molecule has 2 atom stereocenters. The van der Waals surface area contributed by atoms with Crippen LogP contribution in [0, 0.1) is 0 Å². The van der Waals surface area contributed by atoms with Crippen molar-refractivity contribution < 1.29 is 32.3 Å². The quantitative estimate of drug-likeness (QED) is 0.423. The summed E-state index contributed by atoms with van der Waals surface area (Å²) in [4.78, 5) is 37.9. The van der Waals surface area contributed by atoms with E-state index >= 15 is 0 Å². The number of nitrogens with zero attached hydrogens (tertiary/aromatic N) is 4. The van der Waals surface area contributed by atoms with E-state index in [1.807, 2.05) is 0 Å². The summed E-state index contributed by atoms with van der Waals surface area (Å²) >= 11 is 0. The first-order chi connectivity index (χ1) is 16.0. The van der Waals surface area contributed by atoms with E-state index in [1.165, 1.54) is 22.0 Å². The van der Waals surface area contributed by atoms with Crippen LogP contribution in [0.3, 0.4) is 0 Å². The van der Waals surface area contributed by atoms with Crippen molar-refractivity contribution >= 4 is 28.1 Å². The van der Waals surface area contributed by atoms with Crippen LogP contribution in [0.1, 0.15) is 18.4 Å². The Morgan fingerprint density at radius 2 is 1.91 bits per heavy atom. The third-order valence-electron chi connectivity index (χ3n) is 5.22. The monoisotopic (exact) mass is 493 g/mol. The predicted molar refractivity (Wildman–Crippen MR) is 119 cm³/mol. The number of hydrogen-bond donors (Lipinski definition) is 1. The highest BCUT2D eigenvalue weighted by Gasteiger charge is 2.42. The molecule has 2 N–H and O–H groups in total. The molecule has 1 fully saturated rings. The van der Waals surface area contributed by atoms with Crippen LogP contribution >= 0.6 is 0 Å². The van der Waals surface area contributed by atoms with Gasteiger partial charge in [0.25, 0.3) is 0 Å². The largest absolute Gasteiger partial charge is 0.414 e. The second-order valence-corrected chi connectivity index (χ2v) is 9.97. The van der Waals surface area contributed by atoms with Gasteiger partial charge in [-0.1, -0.05) is 12.1 Å². The second-order valence-electron chi connectivity index (χ2n) is 8.08. The summed E-state index contributed by atoms with van der Waals surface area (Å²) in [6.45, 7) is 0.127. The van der Waals surface area contributed by atoms with E-state index in [1.54, 1.807) is 45.4 Å². The molecule has 34 heavy (non-hydrogen) atoms. The number of rotatable bonds is 7. The molecule has 0 unspecified atom stereocenters. The van der Waals surface area contributed by atoms with Crippen molar-refractivity contribution in [2.75, 3.05) is 20.6 Å². The Balaban J connectivity index is 1.59. The number of amides is 1. The Labute approximate surface area is 197 Å². The number of aromatic nitrogens is 2. The van der Waals surface area contributed by atoms with Crippen LogP contribution in [0.5, 0.6) is 5.75 Å². The maximum atomic E-state index is 12.9. The van der Waals surface area contributed by atoms with E-state index in [-0.39, 0.29) is 24.3 Å². The van der Waals surface area contributed by atoms with Crippen LogP contribution in [0.25, 0.3) is 0 Å². The smallest absolute Gasteiger partial charge is 0.410 e. The van der Waals surface area contributed by atoms with Crippen LogP contribution in [-0.4, -0.2) is 78.2 Å². The zero-order chi connectivity index (χ0) is 25.0. The second kappa shape index (κ2) is 10.3. The molecule has 1 amide bonds. The van der Waals surface area contributed by atoms with Crippen LogP contribution in [0.15, 0.2) is 41.6 Å². The maximum absolute atomic E-state index is 12.9. The molecular formula is C21H27N5O7S. The minimum Gasteiger partial charge on any atom is -0.410 e.